The van der Waals surface area contributed by atoms with Crippen molar-refractivity contribution in [1.29, 1.82) is 0 Å². The lowest BCUT2D eigenvalue weighted by Gasteiger charge is -2.11. The van der Waals surface area contributed by atoms with Crippen molar-refractivity contribution < 1.29 is 0 Å². The van der Waals surface area contributed by atoms with E-state index in [2.05, 4.69) is 24.6 Å². The summed E-state index contributed by atoms with van der Waals surface area (Å²) in [5, 5.41) is 4.41. The molecule has 1 aromatic rings. The van der Waals surface area contributed by atoms with Gasteiger partial charge in [-0.1, -0.05) is 58.3 Å². The van der Waals surface area contributed by atoms with Crippen molar-refractivity contribution in [2.45, 2.75) is 77.7 Å². The maximum absolute atomic E-state index is 6.23. The average Bonchev–Trinajstić information content (AvgIpc) is 2.79. The molecule has 0 bridgehead atoms. The maximum Gasteiger partial charge on any atom is 0.0305 e. The minimum absolute atomic E-state index is 0.261. The lowest BCUT2D eigenvalue weighted by atomic mass is 10.00. The van der Waals surface area contributed by atoms with Gasteiger partial charge in [-0.25, -0.2) is 0 Å². The van der Waals surface area contributed by atoms with E-state index in [9.17, 15) is 0 Å². The largest absolute Gasteiger partial charge is 0.324 e. The highest BCUT2D eigenvalue weighted by molar-refractivity contribution is 7.08. The monoisotopic (exact) mass is 267 g/mol. The van der Waals surface area contributed by atoms with Crippen molar-refractivity contribution in [2.75, 3.05) is 0 Å². The standard InChI is InChI=1S/C16H29NS/c1-3-4-5-6-7-8-9-10-11-16(17)15-13-18-12-14(15)2/h12-13,16H,3-11,17H2,1-2H3. The second kappa shape index (κ2) is 9.57. The van der Waals surface area contributed by atoms with Crippen molar-refractivity contribution in [2.24, 2.45) is 5.73 Å². The number of hydrogen-bond acceptors (Lipinski definition) is 2. The minimum Gasteiger partial charge on any atom is -0.324 e. The Morgan fingerprint density at radius 3 is 2.17 bits per heavy atom. The Kier molecular flexibility index (Phi) is 8.36. The second-order valence-corrected chi connectivity index (χ2v) is 6.12. The molecule has 1 heterocycles. The molecule has 0 aliphatic carbocycles. The quantitative estimate of drug-likeness (QED) is 0.550. The first kappa shape index (κ1) is 15.7. The van der Waals surface area contributed by atoms with Crippen LogP contribution in [0, 0.1) is 6.92 Å². The number of hydrogen-bond donors (Lipinski definition) is 1. The van der Waals surface area contributed by atoms with Crippen LogP contribution in [0.3, 0.4) is 0 Å². The van der Waals surface area contributed by atoms with Gasteiger partial charge in [0.2, 0.25) is 0 Å². The minimum atomic E-state index is 0.261. The Bertz CT molecular complexity index is 306. The summed E-state index contributed by atoms with van der Waals surface area (Å²) in [5.41, 5.74) is 8.96. The molecule has 0 radical (unpaired) electrons. The molecule has 18 heavy (non-hydrogen) atoms. The first-order valence-corrected chi connectivity index (χ1v) is 8.48. The van der Waals surface area contributed by atoms with E-state index in [1.807, 2.05) is 0 Å². The summed E-state index contributed by atoms with van der Waals surface area (Å²) >= 11 is 1.77. The molecule has 0 amide bonds. The predicted octanol–water partition coefficient (Wildman–Crippen LogP) is 5.59. The Balaban J connectivity index is 1.99. The number of rotatable bonds is 10. The van der Waals surface area contributed by atoms with Gasteiger partial charge in [0.25, 0.3) is 0 Å². The molecule has 1 unspecified atom stereocenters. The third-order valence-electron chi connectivity index (χ3n) is 3.66. The van der Waals surface area contributed by atoms with Crippen LogP contribution in [0.2, 0.25) is 0 Å². The lowest BCUT2D eigenvalue weighted by Crippen LogP contribution is -2.10. The van der Waals surface area contributed by atoms with Crippen LogP contribution in [-0.4, -0.2) is 0 Å². The SMILES string of the molecule is CCCCCCCCCCC(N)c1cscc1C. The molecule has 1 atom stereocenters. The number of unbranched alkanes of at least 4 members (excludes halogenated alkanes) is 7. The molecule has 1 nitrogen and oxygen atoms in total. The molecule has 0 fully saturated rings. The predicted molar refractivity (Wildman–Crippen MR) is 83.2 cm³/mol. The summed E-state index contributed by atoms with van der Waals surface area (Å²) in [4.78, 5) is 0. The zero-order chi connectivity index (χ0) is 13.2. The molecule has 0 aliphatic heterocycles. The van der Waals surface area contributed by atoms with E-state index < -0.39 is 0 Å². The summed E-state index contributed by atoms with van der Waals surface area (Å²) in [6.45, 7) is 4.44. The van der Waals surface area contributed by atoms with E-state index >= 15 is 0 Å². The summed E-state index contributed by atoms with van der Waals surface area (Å²) in [6.07, 6.45) is 12.2. The molecule has 2 N–H and O–H groups in total. The molecule has 1 rings (SSSR count). The molecule has 2 heteroatoms. The average molecular weight is 267 g/mol. The fraction of sp³-hybridized carbons (Fsp3) is 0.750. The van der Waals surface area contributed by atoms with E-state index in [0.29, 0.717) is 0 Å². The van der Waals surface area contributed by atoms with Gasteiger partial charge in [-0.15, -0.1) is 0 Å². The topological polar surface area (TPSA) is 26.0 Å². The summed E-state index contributed by atoms with van der Waals surface area (Å²) in [6, 6.07) is 0.261. The Hall–Kier alpha value is -0.340. The van der Waals surface area contributed by atoms with E-state index in [-0.39, 0.29) is 6.04 Å². The van der Waals surface area contributed by atoms with Crippen molar-refractivity contribution in [3.63, 3.8) is 0 Å². The highest BCUT2D eigenvalue weighted by atomic mass is 32.1. The molecule has 0 saturated heterocycles. The summed E-state index contributed by atoms with van der Waals surface area (Å²) < 4.78 is 0. The molecule has 0 aromatic carbocycles. The van der Waals surface area contributed by atoms with E-state index in [1.165, 1.54) is 62.5 Å². The fourth-order valence-electron chi connectivity index (χ4n) is 2.40. The van der Waals surface area contributed by atoms with E-state index in [0.717, 1.165) is 6.42 Å². The molecular weight excluding hydrogens is 238 g/mol. The highest BCUT2D eigenvalue weighted by Gasteiger charge is 2.08. The van der Waals surface area contributed by atoms with Crippen LogP contribution in [0.25, 0.3) is 0 Å². The molecule has 104 valence electrons. The second-order valence-electron chi connectivity index (χ2n) is 5.38. The van der Waals surface area contributed by atoms with Crippen LogP contribution in [0.1, 0.15) is 81.9 Å². The van der Waals surface area contributed by atoms with Crippen molar-refractivity contribution in [1.82, 2.24) is 0 Å². The zero-order valence-corrected chi connectivity index (χ0v) is 12.9. The fourth-order valence-corrected chi connectivity index (χ4v) is 3.32. The van der Waals surface area contributed by atoms with Crippen molar-refractivity contribution in [3.05, 3.63) is 21.9 Å². The summed E-state index contributed by atoms with van der Waals surface area (Å²) in [5.74, 6) is 0. The third-order valence-corrected chi connectivity index (χ3v) is 4.54. The van der Waals surface area contributed by atoms with Crippen LogP contribution in [-0.2, 0) is 0 Å². The molecule has 1 aromatic heterocycles. The first-order valence-electron chi connectivity index (χ1n) is 7.54. The summed E-state index contributed by atoms with van der Waals surface area (Å²) in [7, 11) is 0. The van der Waals surface area contributed by atoms with Crippen LogP contribution in [0.15, 0.2) is 10.8 Å². The van der Waals surface area contributed by atoms with Crippen LogP contribution in [0.4, 0.5) is 0 Å². The Morgan fingerprint density at radius 2 is 1.61 bits per heavy atom. The molecule has 0 spiro atoms. The van der Waals surface area contributed by atoms with Gasteiger partial charge in [-0.05, 0) is 35.2 Å². The van der Waals surface area contributed by atoms with Gasteiger partial charge in [-0.2, -0.15) is 11.3 Å². The normalized spacial score (nSPS) is 12.8. The van der Waals surface area contributed by atoms with Crippen LogP contribution < -0.4 is 5.73 Å². The van der Waals surface area contributed by atoms with Crippen LogP contribution >= 0.6 is 11.3 Å². The van der Waals surface area contributed by atoms with Gasteiger partial charge in [0, 0.05) is 6.04 Å². The van der Waals surface area contributed by atoms with Gasteiger partial charge in [0.15, 0.2) is 0 Å². The molecule has 0 saturated carbocycles. The van der Waals surface area contributed by atoms with Gasteiger partial charge in [-0.3, -0.25) is 0 Å². The van der Waals surface area contributed by atoms with Crippen molar-refractivity contribution >= 4 is 11.3 Å². The number of nitrogens with two attached hydrogens (primary N) is 1. The lowest BCUT2D eigenvalue weighted by molar-refractivity contribution is 0.536. The highest BCUT2D eigenvalue weighted by Crippen LogP contribution is 2.24. The van der Waals surface area contributed by atoms with Gasteiger partial charge >= 0.3 is 0 Å². The smallest absolute Gasteiger partial charge is 0.0305 e. The number of aryl methyl sites for hydroxylation is 1. The Morgan fingerprint density at radius 1 is 1.00 bits per heavy atom. The van der Waals surface area contributed by atoms with Gasteiger partial charge < -0.3 is 5.73 Å². The van der Waals surface area contributed by atoms with Gasteiger partial charge in [0.05, 0.1) is 0 Å². The molecular formula is C16H29NS. The molecule has 0 aliphatic rings. The van der Waals surface area contributed by atoms with Crippen molar-refractivity contribution in [3.8, 4) is 0 Å². The third kappa shape index (κ3) is 6.01. The first-order chi connectivity index (χ1) is 8.75. The number of thiophene rings is 1. The van der Waals surface area contributed by atoms with E-state index in [1.54, 1.807) is 11.3 Å². The van der Waals surface area contributed by atoms with E-state index in [4.69, 9.17) is 5.73 Å². The maximum atomic E-state index is 6.23. The van der Waals surface area contributed by atoms with Gasteiger partial charge in [0.1, 0.15) is 0 Å². The Labute approximate surface area is 117 Å². The van der Waals surface area contributed by atoms with Crippen LogP contribution in [0.5, 0.6) is 0 Å². The zero-order valence-electron chi connectivity index (χ0n) is 12.1.